The van der Waals surface area contributed by atoms with Gasteiger partial charge in [0.25, 0.3) is 0 Å². The maximum atomic E-state index is 12.5. The Bertz CT molecular complexity index is 732. The van der Waals surface area contributed by atoms with E-state index >= 15 is 0 Å². The second-order valence-electron chi connectivity index (χ2n) is 7.51. The molecule has 2 N–H and O–H groups in total. The zero-order chi connectivity index (χ0) is 18.5. The number of hydrogen-bond acceptors (Lipinski definition) is 3. The number of piperazine rings is 1. The molecule has 2 aromatic rings. The van der Waals surface area contributed by atoms with Gasteiger partial charge in [0.05, 0.1) is 5.69 Å². The highest BCUT2D eigenvalue weighted by atomic mass is 16.2. The van der Waals surface area contributed by atoms with Crippen molar-refractivity contribution in [3.63, 3.8) is 0 Å². The van der Waals surface area contributed by atoms with Gasteiger partial charge in [0, 0.05) is 44.2 Å². The molecule has 0 bridgehead atoms. The van der Waals surface area contributed by atoms with Gasteiger partial charge in [0.1, 0.15) is 0 Å². The van der Waals surface area contributed by atoms with Gasteiger partial charge in [0.15, 0.2) is 0 Å². The van der Waals surface area contributed by atoms with Crippen LogP contribution in [0.1, 0.15) is 13.8 Å². The molecule has 1 aliphatic rings. The highest BCUT2D eigenvalue weighted by molar-refractivity contribution is 6.01. The first-order valence-electron chi connectivity index (χ1n) is 9.50. The first kappa shape index (κ1) is 18.7. The van der Waals surface area contributed by atoms with Crippen molar-refractivity contribution < 1.29 is 4.79 Å². The van der Waals surface area contributed by atoms with E-state index in [1.165, 1.54) is 0 Å². The summed E-state index contributed by atoms with van der Waals surface area (Å²) in [7, 11) is 2.16. The highest BCUT2D eigenvalue weighted by Gasteiger charge is 2.25. The van der Waals surface area contributed by atoms with E-state index in [1.807, 2.05) is 30.3 Å². The second-order valence-corrected chi connectivity index (χ2v) is 7.51. The molecule has 2 aromatic carbocycles. The molecule has 5 heteroatoms. The number of urea groups is 1. The molecule has 0 spiro atoms. The number of nitrogens with zero attached hydrogens (tertiary/aromatic N) is 2. The van der Waals surface area contributed by atoms with E-state index in [4.69, 9.17) is 0 Å². The molecule has 1 fully saturated rings. The lowest BCUT2D eigenvalue weighted by Gasteiger charge is -2.39. The Kier molecular flexibility index (Phi) is 6.12. The monoisotopic (exact) mass is 354 g/mol. The van der Waals surface area contributed by atoms with Crippen molar-refractivity contribution >= 4 is 22.5 Å². The number of likely N-dealkylation sites (N-methyl/N-ethyl adjacent to an activating group) is 1. The fourth-order valence-corrected chi connectivity index (χ4v) is 3.64. The van der Waals surface area contributed by atoms with E-state index in [0.29, 0.717) is 18.5 Å². The molecule has 1 aliphatic heterocycles. The zero-order valence-corrected chi connectivity index (χ0v) is 16.0. The maximum absolute atomic E-state index is 12.5. The summed E-state index contributed by atoms with van der Waals surface area (Å²) >= 11 is 0. The molecule has 0 aromatic heterocycles. The molecule has 0 radical (unpaired) electrons. The molecule has 5 nitrogen and oxygen atoms in total. The number of hydrogen-bond donors (Lipinski definition) is 2. The number of nitrogens with one attached hydrogen (secondary N) is 2. The predicted octanol–water partition coefficient (Wildman–Crippen LogP) is 3.23. The van der Waals surface area contributed by atoms with Crippen LogP contribution in [0.15, 0.2) is 42.5 Å². The minimum Gasteiger partial charge on any atom is -0.336 e. The van der Waals surface area contributed by atoms with Crippen molar-refractivity contribution in [2.24, 2.45) is 5.92 Å². The normalized spacial score (nSPS) is 17.4. The average molecular weight is 354 g/mol. The van der Waals surface area contributed by atoms with Crippen LogP contribution in [0, 0.1) is 5.92 Å². The summed E-state index contributed by atoms with van der Waals surface area (Å²) in [6.07, 6.45) is 0. The lowest BCUT2D eigenvalue weighted by molar-refractivity contribution is 0.0890. The van der Waals surface area contributed by atoms with E-state index in [0.717, 1.165) is 42.6 Å². The summed E-state index contributed by atoms with van der Waals surface area (Å²) in [6, 6.07) is 14.3. The largest absolute Gasteiger partial charge is 0.336 e. The quantitative estimate of drug-likeness (QED) is 0.867. The molecule has 2 amide bonds. The molecule has 140 valence electrons. The molecule has 3 rings (SSSR count). The zero-order valence-electron chi connectivity index (χ0n) is 16.0. The van der Waals surface area contributed by atoms with Crippen molar-refractivity contribution in [1.82, 2.24) is 15.1 Å². The first-order valence-corrected chi connectivity index (χ1v) is 9.50. The van der Waals surface area contributed by atoms with Crippen LogP contribution in [0.2, 0.25) is 0 Å². The fraction of sp³-hybridized carbons (Fsp3) is 0.476. The van der Waals surface area contributed by atoms with Crippen LogP contribution < -0.4 is 10.6 Å². The number of anilines is 1. The minimum absolute atomic E-state index is 0.138. The predicted molar refractivity (Wildman–Crippen MR) is 109 cm³/mol. The Morgan fingerprint density at radius 2 is 1.73 bits per heavy atom. The van der Waals surface area contributed by atoms with Crippen LogP contribution in [-0.4, -0.2) is 61.6 Å². The van der Waals surface area contributed by atoms with Gasteiger partial charge in [-0.1, -0.05) is 50.2 Å². The smallest absolute Gasteiger partial charge is 0.319 e. The molecule has 0 aliphatic carbocycles. The Labute approximate surface area is 156 Å². The van der Waals surface area contributed by atoms with E-state index in [9.17, 15) is 4.79 Å². The molecular weight excluding hydrogens is 324 g/mol. The van der Waals surface area contributed by atoms with Crippen molar-refractivity contribution in [1.29, 1.82) is 0 Å². The summed E-state index contributed by atoms with van der Waals surface area (Å²) in [5, 5.41) is 8.28. The topological polar surface area (TPSA) is 47.6 Å². The number of amides is 2. The maximum Gasteiger partial charge on any atom is 0.319 e. The van der Waals surface area contributed by atoms with Crippen LogP contribution >= 0.6 is 0 Å². The summed E-state index contributed by atoms with van der Waals surface area (Å²) in [5.41, 5.74) is 0.848. The van der Waals surface area contributed by atoms with E-state index in [1.54, 1.807) is 0 Å². The molecular formula is C21H30N4O. The Hall–Kier alpha value is -2.11. The third-order valence-corrected chi connectivity index (χ3v) is 5.29. The SMILES string of the molecule is CC(C)C(CNC(=O)Nc1cccc2ccccc12)N1CCN(C)CC1. The van der Waals surface area contributed by atoms with Gasteiger partial charge >= 0.3 is 6.03 Å². The van der Waals surface area contributed by atoms with Crippen LogP contribution in [0.4, 0.5) is 10.5 Å². The minimum atomic E-state index is -0.138. The van der Waals surface area contributed by atoms with Gasteiger partial charge in [-0.15, -0.1) is 0 Å². The Balaban J connectivity index is 1.60. The number of fused-ring (bicyclic) bond motifs is 1. The Morgan fingerprint density at radius 3 is 2.46 bits per heavy atom. The highest BCUT2D eigenvalue weighted by Crippen LogP contribution is 2.22. The number of rotatable bonds is 5. The molecule has 26 heavy (non-hydrogen) atoms. The lowest BCUT2D eigenvalue weighted by atomic mass is 10.0. The standard InChI is InChI=1S/C21H30N4O/c1-16(2)20(25-13-11-24(3)12-14-25)15-22-21(26)23-19-10-6-8-17-7-4-5-9-18(17)19/h4-10,16,20H,11-15H2,1-3H3,(H2,22,23,26). The van der Waals surface area contributed by atoms with Crippen LogP contribution in [0.25, 0.3) is 10.8 Å². The van der Waals surface area contributed by atoms with Crippen LogP contribution in [-0.2, 0) is 0 Å². The van der Waals surface area contributed by atoms with Gasteiger partial charge in [-0.3, -0.25) is 4.90 Å². The summed E-state index contributed by atoms with van der Waals surface area (Å²) in [6.45, 7) is 9.42. The first-order chi connectivity index (χ1) is 12.5. The molecule has 0 saturated carbocycles. The fourth-order valence-electron chi connectivity index (χ4n) is 3.64. The van der Waals surface area contributed by atoms with E-state index in [-0.39, 0.29) is 6.03 Å². The average Bonchev–Trinajstić information content (AvgIpc) is 2.63. The van der Waals surface area contributed by atoms with Gasteiger partial charge in [-0.25, -0.2) is 4.79 Å². The van der Waals surface area contributed by atoms with E-state index < -0.39 is 0 Å². The van der Waals surface area contributed by atoms with Crippen molar-refractivity contribution in [3.8, 4) is 0 Å². The third-order valence-electron chi connectivity index (χ3n) is 5.29. The third kappa shape index (κ3) is 4.54. The molecule has 1 atom stereocenters. The number of benzene rings is 2. The summed E-state index contributed by atoms with van der Waals surface area (Å²) in [5.74, 6) is 0.497. The van der Waals surface area contributed by atoms with Crippen molar-refractivity contribution in [3.05, 3.63) is 42.5 Å². The van der Waals surface area contributed by atoms with Crippen molar-refractivity contribution in [2.75, 3.05) is 45.1 Å². The second kappa shape index (κ2) is 8.52. The van der Waals surface area contributed by atoms with Gasteiger partial charge in [0.2, 0.25) is 0 Å². The molecule has 1 saturated heterocycles. The summed E-state index contributed by atoms with van der Waals surface area (Å²) in [4.78, 5) is 17.3. The number of carbonyl (C=O) groups excluding carboxylic acids is 1. The van der Waals surface area contributed by atoms with Crippen LogP contribution in [0.5, 0.6) is 0 Å². The summed E-state index contributed by atoms with van der Waals surface area (Å²) < 4.78 is 0. The van der Waals surface area contributed by atoms with Gasteiger partial charge < -0.3 is 15.5 Å². The van der Waals surface area contributed by atoms with E-state index in [2.05, 4.69) is 53.5 Å². The number of carbonyl (C=O) groups is 1. The Morgan fingerprint density at radius 1 is 1.04 bits per heavy atom. The van der Waals surface area contributed by atoms with Crippen molar-refractivity contribution in [2.45, 2.75) is 19.9 Å². The van der Waals surface area contributed by atoms with Gasteiger partial charge in [-0.05, 0) is 24.4 Å². The lowest BCUT2D eigenvalue weighted by Crippen LogP contribution is -2.54. The van der Waals surface area contributed by atoms with Gasteiger partial charge in [-0.2, -0.15) is 0 Å². The molecule has 1 unspecified atom stereocenters. The molecule has 1 heterocycles. The van der Waals surface area contributed by atoms with Crippen LogP contribution in [0.3, 0.4) is 0 Å².